The lowest BCUT2D eigenvalue weighted by Crippen LogP contribution is -2.53. The van der Waals surface area contributed by atoms with Crippen molar-refractivity contribution in [3.05, 3.63) is 21.9 Å². The number of rotatable bonds is 3. The van der Waals surface area contributed by atoms with E-state index >= 15 is 0 Å². The average molecular weight is 320 g/mol. The van der Waals surface area contributed by atoms with Crippen molar-refractivity contribution in [1.82, 2.24) is 5.32 Å². The van der Waals surface area contributed by atoms with Crippen molar-refractivity contribution < 1.29 is 14.3 Å². The van der Waals surface area contributed by atoms with Crippen LogP contribution in [0.3, 0.4) is 0 Å². The number of amides is 1. The fraction of sp³-hybridized carbons (Fsp3) is 0.625. The lowest BCUT2D eigenvalue weighted by Gasteiger charge is -2.40. The first-order valence-electron chi connectivity index (χ1n) is 7.70. The zero-order chi connectivity index (χ0) is 15.6. The number of nitriles is 1. The number of thiophene rings is 1. The summed E-state index contributed by atoms with van der Waals surface area (Å²) in [5, 5.41) is 14.5. The molecule has 1 spiro atoms. The average Bonchev–Trinajstić information content (AvgIpc) is 3.19. The molecule has 0 aromatic carbocycles. The van der Waals surface area contributed by atoms with Crippen molar-refractivity contribution in [2.45, 2.75) is 50.4 Å². The zero-order valence-corrected chi connectivity index (χ0v) is 13.5. The van der Waals surface area contributed by atoms with Gasteiger partial charge in [-0.3, -0.25) is 4.79 Å². The van der Waals surface area contributed by atoms with Gasteiger partial charge in [-0.1, -0.05) is 6.92 Å². The lowest BCUT2D eigenvalue weighted by molar-refractivity contribution is -0.182. The van der Waals surface area contributed by atoms with Crippen LogP contribution < -0.4 is 5.32 Å². The van der Waals surface area contributed by atoms with E-state index < -0.39 is 11.3 Å². The molecule has 6 heteroatoms. The third-order valence-corrected chi connectivity index (χ3v) is 5.54. The Balaban J connectivity index is 1.70. The van der Waals surface area contributed by atoms with Gasteiger partial charge in [0.25, 0.3) is 5.91 Å². The second-order valence-corrected chi connectivity index (χ2v) is 6.80. The molecule has 2 fully saturated rings. The van der Waals surface area contributed by atoms with Crippen molar-refractivity contribution in [3.8, 4) is 6.07 Å². The Hall–Kier alpha value is -1.42. The molecule has 1 aliphatic carbocycles. The summed E-state index contributed by atoms with van der Waals surface area (Å²) in [7, 11) is 0. The highest BCUT2D eigenvalue weighted by molar-refractivity contribution is 7.12. The number of hydrogen-bond donors (Lipinski definition) is 1. The predicted molar refractivity (Wildman–Crippen MR) is 82.6 cm³/mol. The van der Waals surface area contributed by atoms with Gasteiger partial charge in [0.2, 0.25) is 0 Å². The molecule has 1 N–H and O–H groups in total. The molecule has 2 heterocycles. The van der Waals surface area contributed by atoms with Gasteiger partial charge in [-0.2, -0.15) is 5.26 Å². The van der Waals surface area contributed by atoms with Gasteiger partial charge in [-0.25, -0.2) is 0 Å². The first kappa shape index (κ1) is 15.5. The molecular weight excluding hydrogens is 300 g/mol. The molecule has 0 atom stereocenters. The summed E-state index contributed by atoms with van der Waals surface area (Å²) in [5.41, 5.74) is 0.220. The van der Waals surface area contributed by atoms with Crippen molar-refractivity contribution in [2.75, 3.05) is 13.2 Å². The number of nitrogens with zero attached hydrogens (tertiary/aromatic N) is 1. The number of carbonyl (C=O) groups excluding carboxylic acids is 1. The summed E-state index contributed by atoms with van der Waals surface area (Å²) < 4.78 is 11.4. The van der Waals surface area contributed by atoms with Crippen molar-refractivity contribution >= 4 is 17.2 Å². The summed E-state index contributed by atoms with van der Waals surface area (Å²) in [6.07, 6.45) is 3.22. The predicted octanol–water partition coefficient (Wildman–Crippen LogP) is 2.62. The van der Waals surface area contributed by atoms with Gasteiger partial charge in [-0.05, 0) is 36.3 Å². The topological polar surface area (TPSA) is 71.4 Å². The second-order valence-electron chi connectivity index (χ2n) is 5.88. The van der Waals surface area contributed by atoms with Crippen LogP contribution >= 0.6 is 11.3 Å². The molecule has 118 valence electrons. The zero-order valence-electron chi connectivity index (χ0n) is 12.7. The van der Waals surface area contributed by atoms with Gasteiger partial charge in [0.05, 0.1) is 24.2 Å². The van der Waals surface area contributed by atoms with Crippen LogP contribution in [-0.2, 0) is 15.9 Å². The van der Waals surface area contributed by atoms with Crippen LogP contribution in [0.5, 0.6) is 0 Å². The van der Waals surface area contributed by atoms with E-state index in [0.29, 0.717) is 43.8 Å². The number of ether oxygens (including phenoxy) is 2. The summed E-state index contributed by atoms with van der Waals surface area (Å²) in [4.78, 5) is 13.2. The summed E-state index contributed by atoms with van der Waals surface area (Å²) in [5.74, 6) is -0.666. The lowest BCUT2D eigenvalue weighted by atomic mass is 9.79. The second kappa shape index (κ2) is 5.99. The Labute approximate surface area is 134 Å². The van der Waals surface area contributed by atoms with Crippen LogP contribution in [0.1, 0.15) is 47.8 Å². The highest BCUT2D eigenvalue weighted by Crippen LogP contribution is 2.40. The SMILES string of the molecule is CCc1ccsc1C(=O)NC1(C#N)CCC2(CC1)OCCO2. The maximum Gasteiger partial charge on any atom is 0.262 e. The van der Waals surface area contributed by atoms with E-state index in [1.807, 2.05) is 18.4 Å². The molecule has 1 aliphatic heterocycles. The van der Waals surface area contributed by atoms with Crippen LogP contribution in [0.2, 0.25) is 0 Å². The third kappa shape index (κ3) is 2.76. The molecule has 0 radical (unpaired) electrons. The molecule has 0 bridgehead atoms. The minimum atomic E-state index is -0.813. The normalized spacial score (nSPS) is 22.4. The first-order chi connectivity index (χ1) is 10.6. The summed E-state index contributed by atoms with van der Waals surface area (Å²) >= 11 is 1.43. The molecular formula is C16H20N2O3S. The van der Waals surface area contributed by atoms with Crippen LogP contribution in [0.4, 0.5) is 0 Å². The van der Waals surface area contributed by atoms with Crippen LogP contribution in [0, 0.1) is 11.3 Å². The minimum absolute atomic E-state index is 0.141. The maximum absolute atomic E-state index is 12.5. The van der Waals surface area contributed by atoms with Gasteiger partial charge in [0.15, 0.2) is 5.79 Å². The Bertz CT molecular complexity index is 589. The molecule has 5 nitrogen and oxygen atoms in total. The Morgan fingerprint density at radius 2 is 2.05 bits per heavy atom. The largest absolute Gasteiger partial charge is 0.348 e. The fourth-order valence-corrected chi connectivity index (χ4v) is 4.09. The molecule has 0 unspecified atom stereocenters. The van der Waals surface area contributed by atoms with E-state index in [1.54, 1.807) is 0 Å². The Morgan fingerprint density at radius 1 is 1.36 bits per heavy atom. The number of hydrogen-bond acceptors (Lipinski definition) is 5. The highest BCUT2D eigenvalue weighted by atomic mass is 32.1. The van der Waals surface area contributed by atoms with E-state index in [4.69, 9.17) is 9.47 Å². The highest BCUT2D eigenvalue weighted by Gasteiger charge is 2.47. The summed E-state index contributed by atoms with van der Waals surface area (Å²) in [6.45, 7) is 3.25. The first-order valence-corrected chi connectivity index (χ1v) is 8.58. The molecule has 1 amide bonds. The fourth-order valence-electron chi connectivity index (χ4n) is 3.20. The van der Waals surface area contributed by atoms with Crippen molar-refractivity contribution in [2.24, 2.45) is 0 Å². The number of carbonyl (C=O) groups is 1. The molecule has 1 aromatic heterocycles. The van der Waals surface area contributed by atoms with E-state index in [0.717, 1.165) is 12.0 Å². The molecule has 1 saturated heterocycles. The standard InChI is InChI=1S/C16H20N2O3S/c1-2-12-3-10-22-13(12)14(19)18-15(11-17)4-6-16(7-5-15)20-8-9-21-16/h3,10H,2,4-9H2,1H3,(H,18,19). The van der Waals surface area contributed by atoms with Crippen molar-refractivity contribution in [1.29, 1.82) is 5.26 Å². The maximum atomic E-state index is 12.5. The van der Waals surface area contributed by atoms with Gasteiger partial charge < -0.3 is 14.8 Å². The molecule has 1 saturated carbocycles. The number of aryl methyl sites for hydroxylation is 1. The van der Waals surface area contributed by atoms with E-state index in [2.05, 4.69) is 11.4 Å². The van der Waals surface area contributed by atoms with Gasteiger partial charge >= 0.3 is 0 Å². The van der Waals surface area contributed by atoms with E-state index in [1.165, 1.54) is 11.3 Å². The third-order valence-electron chi connectivity index (χ3n) is 4.58. The van der Waals surface area contributed by atoms with Gasteiger partial charge in [-0.15, -0.1) is 11.3 Å². The molecule has 3 rings (SSSR count). The Morgan fingerprint density at radius 3 is 2.64 bits per heavy atom. The van der Waals surface area contributed by atoms with Crippen molar-refractivity contribution in [3.63, 3.8) is 0 Å². The quantitative estimate of drug-likeness (QED) is 0.929. The monoisotopic (exact) mass is 320 g/mol. The van der Waals surface area contributed by atoms with E-state index in [-0.39, 0.29) is 5.91 Å². The minimum Gasteiger partial charge on any atom is -0.348 e. The molecule has 1 aromatic rings. The smallest absolute Gasteiger partial charge is 0.262 e. The van der Waals surface area contributed by atoms with Crippen LogP contribution in [0.15, 0.2) is 11.4 Å². The van der Waals surface area contributed by atoms with Crippen LogP contribution in [-0.4, -0.2) is 30.4 Å². The molecule has 22 heavy (non-hydrogen) atoms. The van der Waals surface area contributed by atoms with Crippen LogP contribution in [0.25, 0.3) is 0 Å². The molecule has 2 aliphatic rings. The van der Waals surface area contributed by atoms with Gasteiger partial charge in [0.1, 0.15) is 5.54 Å². The Kier molecular flexibility index (Phi) is 4.22. The van der Waals surface area contributed by atoms with Gasteiger partial charge in [0, 0.05) is 12.8 Å². The summed E-state index contributed by atoms with van der Waals surface area (Å²) in [6, 6.07) is 4.28. The number of nitrogens with one attached hydrogen (secondary N) is 1. The van der Waals surface area contributed by atoms with E-state index in [9.17, 15) is 10.1 Å².